The highest BCUT2D eigenvalue weighted by molar-refractivity contribution is 5.80. The van der Waals surface area contributed by atoms with Gasteiger partial charge in [0.15, 0.2) is 0 Å². The van der Waals surface area contributed by atoms with E-state index in [1.54, 1.807) is 12.1 Å². The molecule has 1 saturated carbocycles. The minimum Gasteiger partial charge on any atom is -0.379 e. The van der Waals surface area contributed by atoms with E-state index >= 15 is 0 Å². The molecular formula is C16H21FN2O2. The molecule has 1 saturated heterocycles. The number of rotatable bonds is 5. The zero-order valence-corrected chi connectivity index (χ0v) is 12.2. The van der Waals surface area contributed by atoms with Crippen molar-refractivity contribution < 1.29 is 13.9 Å². The van der Waals surface area contributed by atoms with Gasteiger partial charge in [0, 0.05) is 24.2 Å². The number of likely N-dealkylation sites (N-methyl/N-ethyl adjacent to an activating group) is 1. The summed E-state index contributed by atoms with van der Waals surface area (Å²) in [4.78, 5) is 14.6. The lowest BCUT2D eigenvalue weighted by Gasteiger charge is -2.27. The first-order valence-corrected chi connectivity index (χ1v) is 7.49. The quantitative estimate of drug-likeness (QED) is 0.895. The second kappa shape index (κ2) is 6.12. The molecule has 21 heavy (non-hydrogen) atoms. The summed E-state index contributed by atoms with van der Waals surface area (Å²) in [5.74, 6) is -0.330. The van der Waals surface area contributed by atoms with E-state index in [1.807, 2.05) is 18.0 Å². The smallest absolute Gasteiger partial charge is 0.230 e. The van der Waals surface area contributed by atoms with Crippen LogP contribution < -0.4 is 5.32 Å². The number of ether oxygens (including phenoxy) is 1. The number of hydrogen-bond acceptors (Lipinski definition) is 3. The Kier molecular flexibility index (Phi) is 4.22. The molecule has 1 aromatic rings. The van der Waals surface area contributed by atoms with Crippen molar-refractivity contribution in [2.75, 3.05) is 20.3 Å². The number of nitrogens with one attached hydrogen (secondary N) is 1. The molecule has 1 aliphatic carbocycles. The van der Waals surface area contributed by atoms with Gasteiger partial charge in [-0.05, 0) is 26.0 Å². The number of carbonyl (C=O) groups excluding carboxylic acids is 1. The molecule has 2 atom stereocenters. The predicted octanol–water partition coefficient (Wildman–Crippen LogP) is 1.55. The van der Waals surface area contributed by atoms with Gasteiger partial charge in [-0.25, -0.2) is 4.39 Å². The minimum absolute atomic E-state index is 0.0550. The van der Waals surface area contributed by atoms with Gasteiger partial charge in [0.05, 0.1) is 19.1 Å². The number of nitrogens with zero attached hydrogens (tertiary/aromatic N) is 1. The Morgan fingerprint density at radius 2 is 2.14 bits per heavy atom. The maximum atomic E-state index is 13.8. The van der Waals surface area contributed by atoms with Crippen LogP contribution in [0.5, 0.6) is 0 Å². The van der Waals surface area contributed by atoms with Crippen molar-refractivity contribution in [3.05, 3.63) is 35.6 Å². The normalized spacial score (nSPS) is 25.0. The van der Waals surface area contributed by atoms with Crippen LogP contribution in [0.1, 0.15) is 18.4 Å². The van der Waals surface area contributed by atoms with Gasteiger partial charge in [0.2, 0.25) is 5.91 Å². The fraction of sp³-hybridized carbons (Fsp3) is 0.562. The molecule has 2 fully saturated rings. The van der Waals surface area contributed by atoms with Crippen LogP contribution in [0.4, 0.5) is 4.39 Å². The molecule has 0 bridgehead atoms. The Hall–Kier alpha value is -1.46. The Labute approximate surface area is 124 Å². The Morgan fingerprint density at radius 3 is 2.81 bits per heavy atom. The van der Waals surface area contributed by atoms with E-state index in [4.69, 9.17) is 4.74 Å². The number of amides is 1. The second-order valence-corrected chi connectivity index (χ2v) is 5.83. The van der Waals surface area contributed by atoms with Crippen molar-refractivity contribution in [2.45, 2.75) is 31.5 Å². The summed E-state index contributed by atoms with van der Waals surface area (Å²) >= 11 is 0. The molecule has 0 aromatic heterocycles. The molecule has 0 radical (unpaired) electrons. The molecule has 1 N–H and O–H groups in total. The third kappa shape index (κ3) is 3.09. The molecule has 0 spiro atoms. The number of hydrogen-bond donors (Lipinski definition) is 1. The summed E-state index contributed by atoms with van der Waals surface area (Å²) < 4.78 is 19.3. The molecule has 3 rings (SSSR count). The average Bonchev–Trinajstić information content (AvgIpc) is 3.22. The lowest BCUT2D eigenvalue weighted by molar-refractivity contribution is -0.137. The predicted molar refractivity (Wildman–Crippen MR) is 77.1 cm³/mol. The molecule has 1 aromatic carbocycles. The Morgan fingerprint density at radius 1 is 1.38 bits per heavy atom. The van der Waals surface area contributed by atoms with Crippen molar-refractivity contribution in [3.63, 3.8) is 0 Å². The molecule has 1 heterocycles. The van der Waals surface area contributed by atoms with Crippen LogP contribution in [0, 0.1) is 11.7 Å². The molecule has 2 aliphatic rings. The summed E-state index contributed by atoms with van der Waals surface area (Å²) in [6, 6.07) is 6.99. The van der Waals surface area contributed by atoms with Crippen LogP contribution in [0.25, 0.3) is 0 Å². The molecule has 1 aliphatic heterocycles. The number of halogens is 1. The van der Waals surface area contributed by atoms with Crippen LogP contribution in [0.15, 0.2) is 24.3 Å². The largest absolute Gasteiger partial charge is 0.379 e. The standard InChI is InChI=1S/C16H21FN2O2/c1-18-15-10-21-9-13(15)16(20)19(12-6-7-12)8-11-4-2-3-5-14(11)17/h2-5,12-13,15,18H,6-10H2,1H3. The van der Waals surface area contributed by atoms with Gasteiger partial charge in [-0.15, -0.1) is 0 Å². The van der Waals surface area contributed by atoms with Gasteiger partial charge < -0.3 is 15.0 Å². The first kappa shape index (κ1) is 14.5. The van der Waals surface area contributed by atoms with Crippen molar-refractivity contribution in [1.82, 2.24) is 10.2 Å². The van der Waals surface area contributed by atoms with Gasteiger partial charge in [-0.1, -0.05) is 18.2 Å². The lowest BCUT2D eigenvalue weighted by atomic mass is 10.0. The highest BCUT2D eigenvalue weighted by Gasteiger charge is 2.41. The minimum atomic E-state index is -0.246. The Balaban J connectivity index is 1.75. The van der Waals surface area contributed by atoms with E-state index in [0.717, 1.165) is 12.8 Å². The molecule has 114 valence electrons. The zero-order valence-electron chi connectivity index (χ0n) is 12.2. The summed E-state index contributed by atoms with van der Waals surface area (Å²) in [5.41, 5.74) is 0.581. The van der Waals surface area contributed by atoms with Crippen molar-refractivity contribution >= 4 is 5.91 Å². The van der Waals surface area contributed by atoms with Gasteiger partial charge >= 0.3 is 0 Å². The van der Waals surface area contributed by atoms with Crippen molar-refractivity contribution in [1.29, 1.82) is 0 Å². The number of benzene rings is 1. The van der Waals surface area contributed by atoms with Crippen LogP contribution in [0.2, 0.25) is 0 Å². The second-order valence-electron chi connectivity index (χ2n) is 5.83. The Bertz CT molecular complexity index is 519. The van der Waals surface area contributed by atoms with Gasteiger partial charge in [-0.2, -0.15) is 0 Å². The van der Waals surface area contributed by atoms with E-state index < -0.39 is 0 Å². The average molecular weight is 292 g/mol. The van der Waals surface area contributed by atoms with E-state index in [9.17, 15) is 9.18 Å². The lowest BCUT2D eigenvalue weighted by Crippen LogP contribution is -2.45. The summed E-state index contributed by atoms with van der Waals surface area (Å²) in [7, 11) is 1.85. The van der Waals surface area contributed by atoms with Crippen LogP contribution in [-0.4, -0.2) is 43.2 Å². The molecule has 2 unspecified atom stereocenters. The third-order valence-electron chi connectivity index (χ3n) is 4.34. The van der Waals surface area contributed by atoms with Crippen LogP contribution in [-0.2, 0) is 16.1 Å². The van der Waals surface area contributed by atoms with Gasteiger partial charge in [0.25, 0.3) is 0 Å². The monoisotopic (exact) mass is 292 g/mol. The summed E-state index contributed by atoms with van der Waals surface area (Å²) in [6.07, 6.45) is 2.02. The van der Waals surface area contributed by atoms with E-state index in [1.165, 1.54) is 6.07 Å². The SMILES string of the molecule is CNC1COCC1C(=O)N(Cc1ccccc1F)C1CC1. The van der Waals surface area contributed by atoms with E-state index in [0.29, 0.717) is 25.3 Å². The topological polar surface area (TPSA) is 41.6 Å². The molecular weight excluding hydrogens is 271 g/mol. The first-order valence-electron chi connectivity index (χ1n) is 7.49. The maximum Gasteiger partial charge on any atom is 0.230 e. The van der Waals surface area contributed by atoms with Gasteiger partial charge in [0.1, 0.15) is 5.82 Å². The molecule has 1 amide bonds. The van der Waals surface area contributed by atoms with Gasteiger partial charge in [-0.3, -0.25) is 4.79 Å². The third-order valence-corrected chi connectivity index (χ3v) is 4.34. The number of carbonyl (C=O) groups is 1. The first-order chi connectivity index (χ1) is 10.2. The zero-order chi connectivity index (χ0) is 14.8. The molecule has 4 nitrogen and oxygen atoms in total. The summed E-state index contributed by atoms with van der Waals surface area (Å²) in [5, 5.41) is 3.14. The van der Waals surface area contributed by atoms with Crippen LogP contribution >= 0.6 is 0 Å². The van der Waals surface area contributed by atoms with Crippen LogP contribution in [0.3, 0.4) is 0 Å². The highest BCUT2D eigenvalue weighted by Crippen LogP contribution is 2.31. The van der Waals surface area contributed by atoms with E-state index in [2.05, 4.69) is 5.32 Å². The fourth-order valence-corrected chi connectivity index (χ4v) is 2.88. The highest BCUT2D eigenvalue weighted by atomic mass is 19.1. The van der Waals surface area contributed by atoms with E-state index in [-0.39, 0.29) is 29.7 Å². The molecule has 5 heteroatoms. The maximum absolute atomic E-state index is 13.8. The van der Waals surface area contributed by atoms with Crippen molar-refractivity contribution in [3.8, 4) is 0 Å². The summed E-state index contributed by atoms with van der Waals surface area (Å²) in [6.45, 7) is 1.36. The van der Waals surface area contributed by atoms with Crippen molar-refractivity contribution in [2.24, 2.45) is 5.92 Å². The fourth-order valence-electron chi connectivity index (χ4n) is 2.88.